The first-order valence-electron chi connectivity index (χ1n) is 11.5. The lowest BCUT2D eigenvalue weighted by Gasteiger charge is -2.17. The van der Waals surface area contributed by atoms with Gasteiger partial charge in [0, 0.05) is 35.5 Å². The second-order valence-electron chi connectivity index (χ2n) is 7.64. The largest absolute Gasteiger partial charge is 0.391 e. The van der Waals surface area contributed by atoms with E-state index >= 15 is 0 Å². The van der Waals surface area contributed by atoms with Crippen LogP contribution < -0.4 is 5.32 Å². The van der Waals surface area contributed by atoms with Gasteiger partial charge in [-0.05, 0) is 43.3 Å². The van der Waals surface area contributed by atoms with Crippen LogP contribution in [0.1, 0.15) is 42.9 Å². The third-order valence-electron chi connectivity index (χ3n) is 4.77. The number of carbonyl (C=O) groups excluding carboxylic acids is 1. The van der Waals surface area contributed by atoms with Crippen LogP contribution in [0.3, 0.4) is 0 Å². The molecule has 206 valence electrons. The number of allylic oxidation sites excluding steroid dienone is 5. The zero-order valence-corrected chi connectivity index (χ0v) is 22.8. The normalized spacial score (nSPS) is 14.3. The fourth-order valence-electron chi connectivity index (χ4n) is 3.09. The minimum absolute atomic E-state index is 0.140. The summed E-state index contributed by atoms with van der Waals surface area (Å²) in [7, 11) is 0. The molecule has 1 aromatic rings. The summed E-state index contributed by atoms with van der Waals surface area (Å²) >= 11 is 7.68. The number of carbonyl (C=O) groups is 1. The number of nitrogens with zero attached hydrogens (tertiary/aromatic N) is 3. The monoisotopic (exact) mass is 562 g/mol. The van der Waals surface area contributed by atoms with Gasteiger partial charge in [-0.25, -0.2) is 0 Å². The van der Waals surface area contributed by atoms with Gasteiger partial charge in [0.1, 0.15) is 0 Å². The van der Waals surface area contributed by atoms with Gasteiger partial charge in [0.25, 0.3) is 5.91 Å². The quantitative estimate of drug-likeness (QED) is 0.190. The highest BCUT2D eigenvalue weighted by Crippen LogP contribution is 2.23. The Hall–Kier alpha value is -2.64. The summed E-state index contributed by atoms with van der Waals surface area (Å²) in [6, 6.07) is 1.03. The van der Waals surface area contributed by atoms with Crippen molar-refractivity contribution in [3.05, 3.63) is 65.6 Å². The Morgan fingerprint density at radius 2 is 2.03 bits per heavy atom. The van der Waals surface area contributed by atoms with E-state index in [1.807, 2.05) is 0 Å². The van der Waals surface area contributed by atoms with Crippen molar-refractivity contribution in [2.24, 2.45) is 0 Å². The summed E-state index contributed by atoms with van der Waals surface area (Å²) in [5.41, 5.74) is 1.80. The lowest BCUT2D eigenvalue weighted by molar-refractivity contribution is -0.139. The molecule has 0 spiro atoms. The predicted octanol–water partition coefficient (Wildman–Crippen LogP) is 6.50. The number of nitrogens with one attached hydrogen (secondary N) is 1. The van der Waals surface area contributed by atoms with E-state index in [4.69, 9.17) is 11.6 Å². The van der Waals surface area contributed by atoms with E-state index in [9.17, 15) is 22.4 Å². The molecule has 1 aliphatic rings. The van der Waals surface area contributed by atoms with Gasteiger partial charge in [-0.2, -0.15) is 18.3 Å². The number of alkyl halides is 4. The third-order valence-corrected chi connectivity index (χ3v) is 6.00. The number of terminal acetylenes is 1. The number of hydrogen-bond acceptors (Lipinski definition) is 4. The van der Waals surface area contributed by atoms with Gasteiger partial charge in [-0.3, -0.25) is 13.9 Å². The van der Waals surface area contributed by atoms with Crippen LogP contribution in [0.25, 0.3) is 0 Å². The fraction of sp³-hybridized carbons (Fsp3) is 0.462. The molecule has 1 amide bonds. The van der Waals surface area contributed by atoms with Crippen molar-refractivity contribution in [1.82, 2.24) is 20.0 Å². The Morgan fingerprint density at radius 3 is 2.54 bits per heavy atom. The van der Waals surface area contributed by atoms with E-state index < -0.39 is 18.6 Å². The Kier molecular flexibility index (Phi) is 17.3. The van der Waals surface area contributed by atoms with Crippen molar-refractivity contribution in [2.45, 2.75) is 51.9 Å². The number of halogens is 5. The van der Waals surface area contributed by atoms with Gasteiger partial charge in [-0.1, -0.05) is 37.8 Å². The van der Waals surface area contributed by atoms with E-state index in [0.717, 1.165) is 11.4 Å². The third kappa shape index (κ3) is 14.0. The molecule has 0 bridgehead atoms. The molecule has 1 aromatic heterocycles. The Labute approximate surface area is 226 Å². The SMILES string of the molecule is C#C.C=C/C(Cl)=C\C(=C)Cc1cc(C(=O)N2CCSC2)nn1C/C=C\NC(CC)CC(F)(F)F.CCF. The summed E-state index contributed by atoms with van der Waals surface area (Å²) in [6.07, 6.45) is 10.0. The van der Waals surface area contributed by atoms with Crippen LogP contribution in [0.15, 0.2) is 54.3 Å². The first-order valence-corrected chi connectivity index (χ1v) is 13.1. The molecule has 11 heteroatoms. The van der Waals surface area contributed by atoms with Crippen LogP contribution in [0.4, 0.5) is 17.6 Å². The van der Waals surface area contributed by atoms with Gasteiger partial charge in [0.05, 0.1) is 25.5 Å². The van der Waals surface area contributed by atoms with Gasteiger partial charge in [0.2, 0.25) is 0 Å². The minimum Gasteiger partial charge on any atom is -0.388 e. The Balaban J connectivity index is 0.00000241. The van der Waals surface area contributed by atoms with Crippen LogP contribution in [-0.4, -0.2) is 57.7 Å². The molecule has 0 aromatic carbocycles. The topological polar surface area (TPSA) is 50.2 Å². The van der Waals surface area contributed by atoms with Crippen molar-refractivity contribution in [2.75, 3.05) is 24.8 Å². The van der Waals surface area contributed by atoms with Gasteiger partial charge < -0.3 is 10.2 Å². The molecule has 0 radical (unpaired) electrons. The zero-order valence-electron chi connectivity index (χ0n) is 21.2. The highest BCUT2D eigenvalue weighted by Gasteiger charge is 2.30. The maximum Gasteiger partial charge on any atom is 0.391 e. The van der Waals surface area contributed by atoms with Crippen LogP contribution >= 0.6 is 23.4 Å². The maximum absolute atomic E-state index is 12.7. The predicted molar refractivity (Wildman–Crippen MR) is 146 cm³/mol. The molecule has 1 atom stereocenters. The van der Waals surface area contributed by atoms with Crippen molar-refractivity contribution >= 4 is 29.3 Å². The average Bonchev–Trinajstić information content (AvgIpc) is 3.52. The smallest absolute Gasteiger partial charge is 0.388 e. The molecular formula is C26H35ClF4N4OS. The highest BCUT2D eigenvalue weighted by molar-refractivity contribution is 7.99. The lowest BCUT2D eigenvalue weighted by Crippen LogP contribution is -2.29. The molecule has 1 unspecified atom stereocenters. The van der Waals surface area contributed by atoms with Crippen molar-refractivity contribution < 1.29 is 22.4 Å². The zero-order chi connectivity index (χ0) is 28.4. The number of amides is 1. The molecule has 1 N–H and O–H groups in total. The average molecular weight is 563 g/mol. The molecule has 1 fully saturated rings. The van der Waals surface area contributed by atoms with E-state index in [2.05, 4.69) is 36.4 Å². The fourth-order valence-corrected chi connectivity index (χ4v) is 4.19. The molecule has 1 aliphatic heterocycles. The van der Waals surface area contributed by atoms with Crippen LogP contribution in [0, 0.1) is 12.8 Å². The number of thioether (sulfide) groups is 1. The lowest BCUT2D eigenvalue weighted by atomic mass is 10.1. The van der Waals surface area contributed by atoms with Gasteiger partial charge in [-0.15, -0.1) is 24.6 Å². The molecule has 0 saturated carbocycles. The second-order valence-corrected chi connectivity index (χ2v) is 9.15. The first-order chi connectivity index (χ1) is 17.5. The molecule has 5 nitrogen and oxygen atoms in total. The Bertz CT molecular complexity index is 935. The first kappa shape index (κ1) is 34.4. The summed E-state index contributed by atoms with van der Waals surface area (Å²) in [4.78, 5) is 14.5. The molecule has 2 heterocycles. The number of hydrogen-bond donors (Lipinski definition) is 1. The van der Waals surface area contributed by atoms with Crippen molar-refractivity contribution in [3.63, 3.8) is 0 Å². The van der Waals surface area contributed by atoms with Gasteiger partial charge >= 0.3 is 6.18 Å². The van der Waals surface area contributed by atoms with Crippen molar-refractivity contribution in [1.29, 1.82) is 0 Å². The Morgan fingerprint density at radius 1 is 1.38 bits per heavy atom. The standard InChI is InChI=1S/C22H28ClF3N4OS.C2H5F.C2H2/c1-4-17(23)11-16(3)12-19-13-20(21(31)29-9-10-32-15-29)28-30(19)8-6-7-27-18(5-2)14-22(24,25)26;1-2-3;1-2/h4,6-7,11,13,18,27H,1,3,5,8-10,12,14-15H2,2H3;2H2,1H3;1-2H/b7-6-,17-11+;;. The van der Waals surface area contributed by atoms with Gasteiger partial charge in [0.15, 0.2) is 5.69 Å². The van der Waals surface area contributed by atoms with E-state index in [1.165, 1.54) is 19.2 Å². The maximum atomic E-state index is 12.7. The summed E-state index contributed by atoms with van der Waals surface area (Å²) in [5, 5.41) is 7.68. The van der Waals surface area contributed by atoms with Crippen molar-refractivity contribution in [3.8, 4) is 12.8 Å². The molecule has 2 rings (SSSR count). The van der Waals surface area contributed by atoms with E-state index in [1.54, 1.807) is 46.5 Å². The number of aromatic nitrogens is 2. The van der Waals surface area contributed by atoms with Crippen LogP contribution in [0.2, 0.25) is 0 Å². The van der Waals surface area contributed by atoms with E-state index in [0.29, 0.717) is 48.1 Å². The second kappa shape index (κ2) is 18.6. The number of rotatable bonds is 11. The summed E-state index contributed by atoms with van der Waals surface area (Å²) < 4.78 is 49.8. The highest BCUT2D eigenvalue weighted by atomic mass is 35.5. The summed E-state index contributed by atoms with van der Waals surface area (Å²) in [6.45, 7) is 11.5. The van der Waals surface area contributed by atoms with E-state index in [-0.39, 0.29) is 12.6 Å². The van der Waals surface area contributed by atoms with Crippen LogP contribution in [0.5, 0.6) is 0 Å². The molecule has 0 aliphatic carbocycles. The molecule has 37 heavy (non-hydrogen) atoms. The molecule has 1 saturated heterocycles. The summed E-state index contributed by atoms with van der Waals surface area (Å²) in [5.74, 6) is 1.39. The molecular weight excluding hydrogens is 528 g/mol. The minimum atomic E-state index is -4.22. The van der Waals surface area contributed by atoms with Crippen LogP contribution in [-0.2, 0) is 13.0 Å².